The van der Waals surface area contributed by atoms with Gasteiger partial charge in [-0.2, -0.15) is 5.10 Å². The molecule has 0 atom stereocenters. The van der Waals surface area contributed by atoms with Crippen molar-refractivity contribution in [3.8, 4) is 5.69 Å². The highest BCUT2D eigenvalue weighted by atomic mass is 32.2. The van der Waals surface area contributed by atoms with Crippen LogP contribution in [0.25, 0.3) is 5.69 Å². The highest BCUT2D eigenvalue weighted by Gasteiger charge is 2.23. The molecule has 7 nitrogen and oxygen atoms in total. The van der Waals surface area contributed by atoms with Gasteiger partial charge in [-0.25, -0.2) is 18.1 Å². The standard InChI is InChI=1S/C24H25N5O2S/c1-2-29(22-7-4-3-5-8-22)32(30,31)23-13-14-24(26-19-23)25-17-15-20-9-11-21(12-10-20)28-18-6-16-27-28/h3-14,16,18-19H,2,15,17H2,1H3,(H,25,26). The highest BCUT2D eigenvalue weighted by molar-refractivity contribution is 7.92. The lowest BCUT2D eigenvalue weighted by Gasteiger charge is -2.22. The monoisotopic (exact) mass is 447 g/mol. The van der Waals surface area contributed by atoms with Crippen molar-refractivity contribution in [2.24, 2.45) is 0 Å². The Kier molecular flexibility index (Phi) is 6.51. The van der Waals surface area contributed by atoms with E-state index in [1.165, 1.54) is 16.1 Å². The fraction of sp³-hybridized carbons (Fsp3) is 0.167. The van der Waals surface area contributed by atoms with Gasteiger partial charge in [0.25, 0.3) is 10.0 Å². The predicted molar refractivity (Wildman–Crippen MR) is 127 cm³/mol. The van der Waals surface area contributed by atoms with Crippen LogP contribution >= 0.6 is 0 Å². The summed E-state index contributed by atoms with van der Waals surface area (Å²) in [5.74, 6) is 0.639. The van der Waals surface area contributed by atoms with E-state index < -0.39 is 10.0 Å². The molecule has 32 heavy (non-hydrogen) atoms. The zero-order valence-corrected chi connectivity index (χ0v) is 18.6. The molecule has 4 aromatic rings. The third kappa shape index (κ3) is 4.81. The first-order chi connectivity index (χ1) is 15.6. The molecule has 164 valence electrons. The quantitative estimate of drug-likeness (QED) is 0.417. The zero-order chi connectivity index (χ0) is 22.4. The van der Waals surface area contributed by atoms with Gasteiger partial charge in [-0.05, 0) is 61.4 Å². The maximum atomic E-state index is 13.0. The molecule has 0 amide bonds. The number of para-hydroxylation sites is 1. The van der Waals surface area contributed by atoms with Crippen LogP contribution in [0.3, 0.4) is 0 Å². The molecule has 0 radical (unpaired) electrons. The molecule has 2 aromatic carbocycles. The van der Waals surface area contributed by atoms with E-state index in [0.717, 1.165) is 12.1 Å². The minimum absolute atomic E-state index is 0.169. The van der Waals surface area contributed by atoms with Crippen molar-refractivity contribution in [1.29, 1.82) is 0 Å². The van der Waals surface area contributed by atoms with Gasteiger partial charge >= 0.3 is 0 Å². The van der Waals surface area contributed by atoms with Crippen LogP contribution in [0.15, 0.2) is 96.3 Å². The van der Waals surface area contributed by atoms with Crippen LogP contribution in [0, 0.1) is 0 Å². The fourth-order valence-electron chi connectivity index (χ4n) is 3.42. The minimum atomic E-state index is -3.67. The number of anilines is 2. The van der Waals surface area contributed by atoms with Gasteiger partial charge in [0.15, 0.2) is 0 Å². The number of pyridine rings is 1. The van der Waals surface area contributed by atoms with Crippen molar-refractivity contribution in [3.05, 3.63) is 97.0 Å². The van der Waals surface area contributed by atoms with Gasteiger partial charge in [-0.15, -0.1) is 0 Å². The molecule has 0 aliphatic rings. The molecule has 8 heteroatoms. The van der Waals surface area contributed by atoms with Crippen molar-refractivity contribution in [2.45, 2.75) is 18.2 Å². The van der Waals surface area contributed by atoms with Crippen LogP contribution in [0.1, 0.15) is 12.5 Å². The lowest BCUT2D eigenvalue weighted by atomic mass is 10.1. The molecule has 0 saturated heterocycles. The topological polar surface area (TPSA) is 80.1 Å². The Morgan fingerprint density at radius 2 is 1.75 bits per heavy atom. The molecule has 2 aromatic heterocycles. The molecule has 0 unspecified atom stereocenters. The summed E-state index contributed by atoms with van der Waals surface area (Å²) in [5.41, 5.74) is 2.84. The normalized spacial score (nSPS) is 11.3. The van der Waals surface area contributed by atoms with E-state index in [0.29, 0.717) is 24.6 Å². The Labute approximate surface area is 188 Å². The van der Waals surface area contributed by atoms with E-state index in [-0.39, 0.29) is 4.90 Å². The van der Waals surface area contributed by atoms with Crippen LogP contribution in [0.5, 0.6) is 0 Å². The molecule has 1 N–H and O–H groups in total. The molecule has 0 aliphatic carbocycles. The Bertz CT molecular complexity index is 1220. The molecular formula is C24H25N5O2S. The Morgan fingerprint density at radius 3 is 2.38 bits per heavy atom. The average Bonchev–Trinajstić information content (AvgIpc) is 3.36. The van der Waals surface area contributed by atoms with Gasteiger partial charge in [-0.3, -0.25) is 4.31 Å². The van der Waals surface area contributed by atoms with Crippen LogP contribution < -0.4 is 9.62 Å². The number of nitrogens with zero attached hydrogens (tertiary/aromatic N) is 4. The molecule has 0 saturated carbocycles. The first-order valence-corrected chi connectivity index (χ1v) is 11.9. The lowest BCUT2D eigenvalue weighted by molar-refractivity contribution is 0.591. The number of sulfonamides is 1. The average molecular weight is 448 g/mol. The molecule has 4 rings (SSSR count). The van der Waals surface area contributed by atoms with E-state index in [4.69, 9.17) is 0 Å². The maximum absolute atomic E-state index is 13.0. The summed E-state index contributed by atoms with van der Waals surface area (Å²) in [4.78, 5) is 4.48. The van der Waals surface area contributed by atoms with E-state index >= 15 is 0 Å². The van der Waals surface area contributed by atoms with Gasteiger partial charge in [0.05, 0.1) is 11.4 Å². The third-order valence-electron chi connectivity index (χ3n) is 5.08. The van der Waals surface area contributed by atoms with Gasteiger partial charge in [0.2, 0.25) is 0 Å². The van der Waals surface area contributed by atoms with Gasteiger partial charge in [0, 0.05) is 31.7 Å². The van der Waals surface area contributed by atoms with Gasteiger partial charge < -0.3 is 5.32 Å². The third-order valence-corrected chi connectivity index (χ3v) is 6.97. The molecule has 0 fully saturated rings. The predicted octanol–water partition coefficient (Wildman–Crippen LogP) is 4.14. The first kappa shape index (κ1) is 21.6. The second-order valence-corrected chi connectivity index (χ2v) is 9.04. The van der Waals surface area contributed by atoms with Crippen LogP contribution in [0.2, 0.25) is 0 Å². The van der Waals surface area contributed by atoms with Crippen molar-refractivity contribution in [1.82, 2.24) is 14.8 Å². The number of rotatable bonds is 9. The molecule has 2 heterocycles. The van der Waals surface area contributed by atoms with Crippen molar-refractivity contribution in [2.75, 3.05) is 22.7 Å². The van der Waals surface area contributed by atoms with E-state index in [1.54, 1.807) is 30.5 Å². The zero-order valence-electron chi connectivity index (χ0n) is 17.8. The van der Waals surface area contributed by atoms with E-state index in [2.05, 4.69) is 27.5 Å². The van der Waals surface area contributed by atoms with Gasteiger partial charge in [0.1, 0.15) is 10.7 Å². The number of benzene rings is 2. The summed E-state index contributed by atoms with van der Waals surface area (Å²) in [6.07, 6.45) is 5.88. The molecular weight excluding hydrogens is 422 g/mol. The fourth-order valence-corrected chi connectivity index (χ4v) is 4.84. The molecule has 0 bridgehead atoms. The van der Waals surface area contributed by atoms with E-state index in [9.17, 15) is 8.42 Å². The number of aromatic nitrogens is 3. The number of nitrogens with one attached hydrogen (secondary N) is 1. The van der Waals surface area contributed by atoms with Crippen molar-refractivity contribution < 1.29 is 8.42 Å². The van der Waals surface area contributed by atoms with Crippen molar-refractivity contribution >= 4 is 21.5 Å². The van der Waals surface area contributed by atoms with E-state index in [1.807, 2.05) is 54.2 Å². The number of hydrogen-bond donors (Lipinski definition) is 1. The Balaban J connectivity index is 1.36. The number of hydrogen-bond acceptors (Lipinski definition) is 5. The summed E-state index contributed by atoms with van der Waals surface area (Å²) < 4.78 is 29.3. The maximum Gasteiger partial charge on any atom is 0.265 e. The summed E-state index contributed by atoms with van der Waals surface area (Å²) >= 11 is 0. The first-order valence-electron chi connectivity index (χ1n) is 10.4. The largest absolute Gasteiger partial charge is 0.370 e. The Hall–Kier alpha value is -3.65. The minimum Gasteiger partial charge on any atom is -0.370 e. The summed E-state index contributed by atoms with van der Waals surface area (Å²) in [6.45, 7) is 2.84. The summed E-state index contributed by atoms with van der Waals surface area (Å²) in [5, 5.41) is 7.48. The molecule has 0 aliphatic heterocycles. The van der Waals surface area contributed by atoms with Crippen LogP contribution in [0.4, 0.5) is 11.5 Å². The second kappa shape index (κ2) is 9.65. The summed E-state index contributed by atoms with van der Waals surface area (Å²) in [6, 6.07) is 22.5. The molecule has 0 spiro atoms. The lowest BCUT2D eigenvalue weighted by Crippen LogP contribution is -2.30. The van der Waals surface area contributed by atoms with Crippen LogP contribution in [-0.4, -0.2) is 36.3 Å². The van der Waals surface area contributed by atoms with Crippen molar-refractivity contribution in [3.63, 3.8) is 0 Å². The smallest absolute Gasteiger partial charge is 0.265 e. The van der Waals surface area contributed by atoms with Crippen LogP contribution in [-0.2, 0) is 16.4 Å². The second-order valence-electron chi connectivity index (χ2n) is 7.18. The summed E-state index contributed by atoms with van der Waals surface area (Å²) in [7, 11) is -3.67. The van der Waals surface area contributed by atoms with Gasteiger partial charge in [-0.1, -0.05) is 30.3 Å². The Morgan fingerprint density at radius 1 is 0.969 bits per heavy atom. The highest BCUT2D eigenvalue weighted by Crippen LogP contribution is 2.23. The SMILES string of the molecule is CCN(c1ccccc1)S(=O)(=O)c1ccc(NCCc2ccc(-n3cccn3)cc2)nc1.